The fourth-order valence-corrected chi connectivity index (χ4v) is 3.90. The van der Waals surface area contributed by atoms with Crippen LogP contribution in [0.1, 0.15) is 33.1 Å². The van der Waals surface area contributed by atoms with E-state index in [1.54, 1.807) is 0 Å². The van der Waals surface area contributed by atoms with Crippen molar-refractivity contribution in [1.29, 1.82) is 0 Å². The maximum atomic E-state index is 12.9. The van der Waals surface area contributed by atoms with Gasteiger partial charge in [0, 0.05) is 31.6 Å². The number of likely N-dealkylation sites (tertiary alicyclic amines) is 1. The molecule has 0 aromatic rings. The van der Waals surface area contributed by atoms with Gasteiger partial charge in [0.1, 0.15) is 0 Å². The van der Waals surface area contributed by atoms with Gasteiger partial charge in [-0.2, -0.15) is 0 Å². The number of hydrogen-bond donors (Lipinski definition) is 0. The molecule has 1 atom stereocenters. The Labute approximate surface area is 139 Å². The zero-order valence-corrected chi connectivity index (χ0v) is 14.9. The third kappa shape index (κ3) is 3.24. The SMILES string of the molecule is CC(C)C1=NOC(C(=O)N2CCN(C)C3(CCN(C)CC3)C2)C1. The first-order chi connectivity index (χ1) is 10.9. The van der Waals surface area contributed by atoms with Crippen LogP contribution in [0.5, 0.6) is 0 Å². The van der Waals surface area contributed by atoms with E-state index in [-0.39, 0.29) is 11.4 Å². The second-order valence-electron chi connectivity index (χ2n) is 7.74. The van der Waals surface area contributed by atoms with Crippen molar-refractivity contribution in [2.45, 2.75) is 44.8 Å². The number of nitrogens with zero attached hydrogens (tertiary/aromatic N) is 4. The number of oxime groups is 1. The molecule has 0 aliphatic carbocycles. The Morgan fingerprint density at radius 3 is 2.52 bits per heavy atom. The minimum atomic E-state index is -0.404. The Bertz CT molecular complexity index is 483. The van der Waals surface area contributed by atoms with E-state index in [1.807, 2.05) is 4.90 Å². The van der Waals surface area contributed by atoms with Crippen LogP contribution in [0, 0.1) is 5.92 Å². The van der Waals surface area contributed by atoms with Gasteiger partial charge in [-0.3, -0.25) is 9.69 Å². The van der Waals surface area contributed by atoms with Crippen LogP contribution < -0.4 is 0 Å². The molecule has 3 aliphatic heterocycles. The van der Waals surface area contributed by atoms with Crippen LogP contribution in [0.3, 0.4) is 0 Å². The topological polar surface area (TPSA) is 48.4 Å². The van der Waals surface area contributed by atoms with Crippen LogP contribution in [0.25, 0.3) is 0 Å². The van der Waals surface area contributed by atoms with Crippen molar-refractivity contribution in [2.24, 2.45) is 11.1 Å². The number of hydrogen-bond acceptors (Lipinski definition) is 5. The summed E-state index contributed by atoms with van der Waals surface area (Å²) in [6, 6.07) is 0. The van der Waals surface area contributed by atoms with Crippen LogP contribution in [-0.2, 0) is 9.63 Å². The number of piperazine rings is 1. The molecule has 1 spiro atoms. The lowest BCUT2D eigenvalue weighted by Gasteiger charge is -2.52. The average Bonchev–Trinajstić information content (AvgIpc) is 3.02. The molecule has 23 heavy (non-hydrogen) atoms. The molecule has 0 bridgehead atoms. The van der Waals surface area contributed by atoms with E-state index in [9.17, 15) is 4.79 Å². The van der Waals surface area contributed by atoms with Crippen molar-refractivity contribution in [3.05, 3.63) is 0 Å². The van der Waals surface area contributed by atoms with Crippen molar-refractivity contribution < 1.29 is 9.63 Å². The molecule has 0 aromatic carbocycles. The van der Waals surface area contributed by atoms with Gasteiger partial charge < -0.3 is 14.6 Å². The van der Waals surface area contributed by atoms with E-state index in [2.05, 4.69) is 42.9 Å². The Morgan fingerprint density at radius 1 is 1.22 bits per heavy atom. The lowest BCUT2D eigenvalue weighted by Crippen LogP contribution is -2.65. The molecular formula is C17H30N4O2. The average molecular weight is 322 g/mol. The van der Waals surface area contributed by atoms with E-state index in [0.717, 1.165) is 51.3 Å². The van der Waals surface area contributed by atoms with Gasteiger partial charge in [-0.15, -0.1) is 0 Å². The predicted molar refractivity (Wildman–Crippen MR) is 90.4 cm³/mol. The van der Waals surface area contributed by atoms with Gasteiger partial charge in [-0.05, 0) is 45.9 Å². The van der Waals surface area contributed by atoms with Gasteiger partial charge in [0.25, 0.3) is 5.91 Å². The molecule has 3 aliphatic rings. The zero-order valence-electron chi connectivity index (χ0n) is 14.9. The summed E-state index contributed by atoms with van der Waals surface area (Å²) in [7, 11) is 4.38. The molecule has 6 heteroatoms. The van der Waals surface area contributed by atoms with Gasteiger partial charge >= 0.3 is 0 Å². The van der Waals surface area contributed by atoms with Crippen LogP contribution in [-0.4, -0.2) is 84.8 Å². The normalized spacial score (nSPS) is 29.0. The van der Waals surface area contributed by atoms with Crippen molar-refractivity contribution in [1.82, 2.24) is 14.7 Å². The third-order valence-electron chi connectivity index (χ3n) is 5.86. The quantitative estimate of drug-likeness (QED) is 0.762. The van der Waals surface area contributed by atoms with Crippen LogP contribution in [0.2, 0.25) is 0 Å². The summed E-state index contributed by atoms with van der Waals surface area (Å²) in [4.78, 5) is 25.2. The molecule has 130 valence electrons. The minimum Gasteiger partial charge on any atom is -0.382 e. The smallest absolute Gasteiger partial charge is 0.267 e. The van der Waals surface area contributed by atoms with E-state index in [1.165, 1.54) is 0 Å². The predicted octanol–water partition coefficient (Wildman–Crippen LogP) is 1.03. The molecular weight excluding hydrogens is 292 g/mol. The summed E-state index contributed by atoms with van der Waals surface area (Å²) in [5, 5.41) is 4.11. The Morgan fingerprint density at radius 2 is 1.91 bits per heavy atom. The zero-order chi connectivity index (χ0) is 16.6. The third-order valence-corrected chi connectivity index (χ3v) is 5.86. The highest BCUT2D eigenvalue weighted by Crippen LogP contribution is 2.32. The molecule has 3 heterocycles. The fraction of sp³-hybridized carbons (Fsp3) is 0.882. The summed E-state index contributed by atoms with van der Waals surface area (Å²) >= 11 is 0. The molecule has 1 unspecified atom stereocenters. The lowest BCUT2D eigenvalue weighted by molar-refractivity contribution is -0.148. The summed E-state index contributed by atoms with van der Waals surface area (Å²) in [5.41, 5.74) is 1.15. The first-order valence-corrected chi connectivity index (χ1v) is 8.82. The Balaban J connectivity index is 1.64. The van der Waals surface area contributed by atoms with Crippen molar-refractivity contribution in [2.75, 3.05) is 46.8 Å². The van der Waals surface area contributed by atoms with Crippen molar-refractivity contribution in [3.8, 4) is 0 Å². The summed E-state index contributed by atoms with van der Waals surface area (Å²) in [5.74, 6) is 0.469. The van der Waals surface area contributed by atoms with Crippen LogP contribution in [0.4, 0.5) is 0 Å². The Kier molecular flexibility index (Phi) is 4.65. The van der Waals surface area contributed by atoms with E-state index >= 15 is 0 Å². The number of carbonyl (C=O) groups excluding carboxylic acids is 1. The molecule has 2 saturated heterocycles. The highest BCUT2D eigenvalue weighted by atomic mass is 16.6. The van der Waals surface area contributed by atoms with Crippen molar-refractivity contribution >= 4 is 11.6 Å². The maximum absolute atomic E-state index is 12.9. The Hall–Kier alpha value is -1.14. The second-order valence-corrected chi connectivity index (χ2v) is 7.74. The number of carbonyl (C=O) groups is 1. The highest BCUT2D eigenvalue weighted by Gasteiger charge is 2.44. The minimum absolute atomic E-state index is 0.121. The standard InChI is InChI=1S/C17H30N4O2/c1-13(2)14-11-15(23-18-14)16(22)21-10-9-20(4)17(12-21)5-7-19(3)8-6-17/h13,15H,5-12H2,1-4H3. The fourth-order valence-electron chi connectivity index (χ4n) is 3.90. The van der Waals surface area contributed by atoms with E-state index in [0.29, 0.717) is 12.3 Å². The molecule has 0 saturated carbocycles. The maximum Gasteiger partial charge on any atom is 0.267 e. The second kappa shape index (κ2) is 6.40. The molecule has 6 nitrogen and oxygen atoms in total. The highest BCUT2D eigenvalue weighted by molar-refractivity contribution is 5.93. The number of amides is 1. The number of piperidine rings is 1. The van der Waals surface area contributed by atoms with Crippen LogP contribution in [0.15, 0.2) is 5.16 Å². The van der Waals surface area contributed by atoms with E-state index < -0.39 is 6.10 Å². The molecule has 3 rings (SSSR count). The van der Waals surface area contributed by atoms with Gasteiger partial charge in [0.2, 0.25) is 6.10 Å². The van der Waals surface area contributed by atoms with Gasteiger partial charge in [-0.1, -0.05) is 19.0 Å². The first kappa shape index (κ1) is 16.7. The number of likely N-dealkylation sites (N-methyl/N-ethyl adjacent to an activating group) is 1. The molecule has 0 radical (unpaired) electrons. The summed E-state index contributed by atoms with van der Waals surface area (Å²) in [6.07, 6.45) is 2.50. The molecule has 0 N–H and O–H groups in total. The summed E-state index contributed by atoms with van der Waals surface area (Å²) < 4.78 is 0. The summed E-state index contributed by atoms with van der Waals surface area (Å²) in [6.45, 7) is 8.97. The van der Waals surface area contributed by atoms with Gasteiger partial charge in [0.05, 0.1) is 5.71 Å². The monoisotopic (exact) mass is 322 g/mol. The molecule has 2 fully saturated rings. The molecule has 0 aromatic heterocycles. The van der Waals surface area contributed by atoms with Crippen molar-refractivity contribution in [3.63, 3.8) is 0 Å². The van der Waals surface area contributed by atoms with Gasteiger partial charge in [-0.25, -0.2) is 0 Å². The van der Waals surface area contributed by atoms with E-state index in [4.69, 9.17) is 4.84 Å². The number of rotatable bonds is 2. The molecule has 1 amide bonds. The largest absolute Gasteiger partial charge is 0.382 e. The van der Waals surface area contributed by atoms with Crippen LogP contribution >= 0.6 is 0 Å². The first-order valence-electron chi connectivity index (χ1n) is 8.82. The van der Waals surface area contributed by atoms with Gasteiger partial charge in [0.15, 0.2) is 0 Å². The lowest BCUT2D eigenvalue weighted by atomic mass is 9.83.